The summed E-state index contributed by atoms with van der Waals surface area (Å²) in [6, 6.07) is 0. The summed E-state index contributed by atoms with van der Waals surface area (Å²) in [7, 11) is 1.71. The fourth-order valence-corrected chi connectivity index (χ4v) is 2.19. The average Bonchev–Trinajstić information content (AvgIpc) is 2.29. The lowest BCUT2D eigenvalue weighted by atomic mass is 9.82. The molecule has 1 unspecified atom stereocenters. The summed E-state index contributed by atoms with van der Waals surface area (Å²) in [5.74, 6) is -0.0896. The van der Waals surface area contributed by atoms with Crippen molar-refractivity contribution < 1.29 is 14.6 Å². The third kappa shape index (κ3) is 4.49. The smallest absolute Gasteiger partial charge is 0.306 e. The van der Waals surface area contributed by atoms with Crippen LogP contribution in [0.3, 0.4) is 0 Å². The number of aliphatic carboxylic acids is 1. The van der Waals surface area contributed by atoms with Crippen molar-refractivity contribution in [3.8, 4) is 0 Å². The van der Waals surface area contributed by atoms with E-state index in [-0.39, 0.29) is 12.0 Å². The van der Waals surface area contributed by atoms with Gasteiger partial charge >= 0.3 is 5.97 Å². The largest absolute Gasteiger partial charge is 0.481 e. The highest BCUT2D eigenvalue weighted by Crippen LogP contribution is 2.28. The van der Waals surface area contributed by atoms with Crippen molar-refractivity contribution in [2.45, 2.75) is 38.7 Å². The SMILES string of the molecule is COC(C)CNCC1CCC(C(=O)O)CC1. The van der Waals surface area contributed by atoms with E-state index in [1.807, 2.05) is 6.92 Å². The number of carbonyl (C=O) groups is 1. The molecule has 1 rings (SSSR count). The molecular formula is C12H23NO3. The molecule has 1 saturated carbocycles. The first-order valence-electron chi connectivity index (χ1n) is 6.09. The maximum atomic E-state index is 10.8. The molecule has 94 valence electrons. The second-order valence-electron chi connectivity index (χ2n) is 4.76. The Labute approximate surface area is 97.4 Å². The van der Waals surface area contributed by atoms with Gasteiger partial charge in [0.2, 0.25) is 0 Å². The molecule has 0 heterocycles. The Morgan fingerprint density at radius 1 is 1.44 bits per heavy atom. The summed E-state index contributed by atoms with van der Waals surface area (Å²) in [4.78, 5) is 10.8. The standard InChI is InChI=1S/C12H23NO3/c1-9(16-2)7-13-8-10-3-5-11(6-4-10)12(14)15/h9-11,13H,3-8H2,1-2H3,(H,14,15). The Bertz CT molecular complexity index is 212. The number of hydrogen-bond acceptors (Lipinski definition) is 3. The van der Waals surface area contributed by atoms with E-state index >= 15 is 0 Å². The van der Waals surface area contributed by atoms with E-state index in [2.05, 4.69) is 5.32 Å². The number of hydrogen-bond donors (Lipinski definition) is 2. The lowest BCUT2D eigenvalue weighted by Gasteiger charge is -2.26. The van der Waals surface area contributed by atoms with Crippen LogP contribution in [0.25, 0.3) is 0 Å². The van der Waals surface area contributed by atoms with Crippen LogP contribution in [0.15, 0.2) is 0 Å². The van der Waals surface area contributed by atoms with Gasteiger partial charge in [-0.05, 0) is 45.1 Å². The number of ether oxygens (including phenoxy) is 1. The van der Waals surface area contributed by atoms with Gasteiger partial charge < -0.3 is 15.2 Å². The summed E-state index contributed by atoms with van der Waals surface area (Å²) >= 11 is 0. The minimum atomic E-state index is -0.626. The summed E-state index contributed by atoms with van der Waals surface area (Å²) in [6.07, 6.45) is 3.98. The number of carboxylic acid groups (broad SMARTS) is 1. The molecule has 1 atom stereocenters. The molecule has 2 N–H and O–H groups in total. The summed E-state index contributed by atoms with van der Waals surface area (Å²) in [6.45, 7) is 3.89. The zero-order valence-corrected chi connectivity index (χ0v) is 10.2. The molecule has 4 heteroatoms. The van der Waals surface area contributed by atoms with Crippen molar-refractivity contribution in [2.75, 3.05) is 20.2 Å². The van der Waals surface area contributed by atoms with Crippen LogP contribution in [0.1, 0.15) is 32.6 Å². The normalized spacial score (nSPS) is 27.6. The molecule has 0 radical (unpaired) electrons. The first kappa shape index (κ1) is 13.5. The van der Waals surface area contributed by atoms with Gasteiger partial charge in [-0.2, -0.15) is 0 Å². The fraction of sp³-hybridized carbons (Fsp3) is 0.917. The molecule has 1 aliphatic carbocycles. The Hall–Kier alpha value is -0.610. The lowest BCUT2D eigenvalue weighted by Crippen LogP contribution is -2.33. The van der Waals surface area contributed by atoms with Crippen LogP contribution >= 0.6 is 0 Å². The van der Waals surface area contributed by atoms with Crippen LogP contribution in [-0.4, -0.2) is 37.4 Å². The van der Waals surface area contributed by atoms with E-state index in [1.54, 1.807) is 7.11 Å². The molecule has 1 aliphatic rings. The predicted molar refractivity (Wildman–Crippen MR) is 62.4 cm³/mol. The van der Waals surface area contributed by atoms with Crippen molar-refractivity contribution in [1.29, 1.82) is 0 Å². The van der Waals surface area contributed by atoms with Gasteiger partial charge in [-0.15, -0.1) is 0 Å². The Balaban J connectivity index is 2.10. The predicted octanol–water partition coefficient (Wildman–Crippen LogP) is 1.50. The number of carboxylic acids is 1. The number of nitrogens with one attached hydrogen (secondary N) is 1. The molecule has 0 aliphatic heterocycles. The van der Waals surface area contributed by atoms with Gasteiger partial charge in [-0.1, -0.05) is 0 Å². The highest BCUT2D eigenvalue weighted by molar-refractivity contribution is 5.69. The molecule has 0 aromatic heterocycles. The van der Waals surface area contributed by atoms with Crippen LogP contribution in [0, 0.1) is 11.8 Å². The monoisotopic (exact) mass is 229 g/mol. The van der Waals surface area contributed by atoms with Gasteiger partial charge in [0.1, 0.15) is 0 Å². The maximum Gasteiger partial charge on any atom is 0.306 e. The quantitative estimate of drug-likeness (QED) is 0.724. The molecule has 16 heavy (non-hydrogen) atoms. The van der Waals surface area contributed by atoms with E-state index in [0.29, 0.717) is 5.92 Å². The third-order valence-corrected chi connectivity index (χ3v) is 3.46. The van der Waals surface area contributed by atoms with E-state index in [1.165, 1.54) is 0 Å². The topological polar surface area (TPSA) is 58.6 Å². The van der Waals surface area contributed by atoms with Crippen LogP contribution < -0.4 is 5.32 Å². The van der Waals surface area contributed by atoms with Gasteiger partial charge in [-0.25, -0.2) is 0 Å². The van der Waals surface area contributed by atoms with Crippen molar-refractivity contribution in [3.05, 3.63) is 0 Å². The number of rotatable bonds is 6. The Morgan fingerprint density at radius 3 is 2.56 bits per heavy atom. The molecular weight excluding hydrogens is 206 g/mol. The Kier molecular flexibility index (Phi) is 5.77. The zero-order valence-electron chi connectivity index (χ0n) is 10.2. The number of methoxy groups -OCH3 is 1. The second kappa shape index (κ2) is 6.86. The van der Waals surface area contributed by atoms with Gasteiger partial charge in [0.15, 0.2) is 0 Å². The highest BCUT2D eigenvalue weighted by Gasteiger charge is 2.25. The van der Waals surface area contributed by atoms with Crippen LogP contribution in [-0.2, 0) is 9.53 Å². The van der Waals surface area contributed by atoms with Crippen LogP contribution in [0.2, 0.25) is 0 Å². The molecule has 0 spiro atoms. The summed E-state index contributed by atoms with van der Waals surface area (Å²) < 4.78 is 5.15. The van der Waals surface area contributed by atoms with E-state index in [0.717, 1.165) is 38.8 Å². The molecule has 1 fully saturated rings. The maximum absolute atomic E-state index is 10.8. The van der Waals surface area contributed by atoms with Gasteiger partial charge in [0.05, 0.1) is 12.0 Å². The Morgan fingerprint density at radius 2 is 2.06 bits per heavy atom. The molecule has 0 saturated heterocycles. The fourth-order valence-electron chi connectivity index (χ4n) is 2.19. The first-order chi connectivity index (χ1) is 7.63. The minimum Gasteiger partial charge on any atom is -0.481 e. The van der Waals surface area contributed by atoms with Crippen molar-refractivity contribution in [2.24, 2.45) is 11.8 Å². The molecule has 0 amide bonds. The van der Waals surface area contributed by atoms with E-state index in [4.69, 9.17) is 9.84 Å². The average molecular weight is 229 g/mol. The first-order valence-corrected chi connectivity index (χ1v) is 6.09. The molecule has 0 bridgehead atoms. The van der Waals surface area contributed by atoms with Crippen molar-refractivity contribution in [3.63, 3.8) is 0 Å². The summed E-state index contributed by atoms with van der Waals surface area (Å²) in [5.41, 5.74) is 0. The lowest BCUT2D eigenvalue weighted by molar-refractivity contribution is -0.143. The third-order valence-electron chi connectivity index (χ3n) is 3.46. The van der Waals surface area contributed by atoms with Gasteiger partial charge in [-0.3, -0.25) is 4.79 Å². The van der Waals surface area contributed by atoms with Crippen molar-refractivity contribution >= 4 is 5.97 Å². The van der Waals surface area contributed by atoms with E-state index in [9.17, 15) is 4.79 Å². The van der Waals surface area contributed by atoms with Gasteiger partial charge in [0, 0.05) is 13.7 Å². The van der Waals surface area contributed by atoms with Gasteiger partial charge in [0.25, 0.3) is 0 Å². The second-order valence-corrected chi connectivity index (χ2v) is 4.76. The van der Waals surface area contributed by atoms with Crippen LogP contribution in [0.5, 0.6) is 0 Å². The highest BCUT2D eigenvalue weighted by atomic mass is 16.5. The van der Waals surface area contributed by atoms with E-state index < -0.39 is 5.97 Å². The molecule has 4 nitrogen and oxygen atoms in total. The zero-order chi connectivity index (χ0) is 12.0. The minimum absolute atomic E-state index is 0.103. The van der Waals surface area contributed by atoms with Crippen molar-refractivity contribution in [1.82, 2.24) is 5.32 Å². The molecule has 0 aromatic carbocycles. The summed E-state index contributed by atoms with van der Waals surface area (Å²) in [5, 5.41) is 12.3. The van der Waals surface area contributed by atoms with Crippen LogP contribution in [0.4, 0.5) is 0 Å². The molecule has 0 aromatic rings.